The van der Waals surface area contributed by atoms with E-state index in [-0.39, 0.29) is 5.91 Å². The highest BCUT2D eigenvalue weighted by atomic mass is 32.1. The number of nitrogens with zero attached hydrogens (tertiary/aromatic N) is 4. The van der Waals surface area contributed by atoms with Gasteiger partial charge in [-0.2, -0.15) is 5.10 Å². The van der Waals surface area contributed by atoms with E-state index in [1.165, 1.54) is 11.3 Å². The Balaban J connectivity index is 1.18. The summed E-state index contributed by atoms with van der Waals surface area (Å²) in [5, 5.41) is 7.47. The van der Waals surface area contributed by atoms with Gasteiger partial charge in [-0.05, 0) is 30.5 Å². The van der Waals surface area contributed by atoms with Crippen molar-refractivity contribution in [2.75, 3.05) is 45.9 Å². The fourth-order valence-electron chi connectivity index (χ4n) is 4.85. The van der Waals surface area contributed by atoms with Crippen molar-refractivity contribution in [3.05, 3.63) is 40.5 Å². The summed E-state index contributed by atoms with van der Waals surface area (Å²) in [7, 11) is 0. The fraction of sp³-hybridized carbons (Fsp3) is 0.458. The highest BCUT2D eigenvalue weighted by Gasteiger charge is 2.29. The molecular formula is C24H27N5O3S. The summed E-state index contributed by atoms with van der Waals surface area (Å²) in [5.74, 6) is 0.849. The van der Waals surface area contributed by atoms with Crippen LogP contribution in [0.5, 0.6) is 5.75 Å². The molecule has 33 heavy (non-hydrogen) atoms. The molecular weight excluding hydrogens is 438 g/mol. The molecule has 6 rings (SSSR count). The topological polar surface area (TPSA) is 83.6 Å². The maximum atomic E-state index is 13.3. The molecule has 2 fully saturated rings. The second-order valence-electron chi connectivity index (χ2n) is 8.82. The first-order valence-corrected chi connectivity index (χ1v) is 12.5. The normalized spacial score (nSPS) is 20.7. The maximum absolute atomic E-state index is 13.3. The van der Waals surface area contributed by atoms with E-state index in [2.05, 4.69) is 21.2 Å². The Morgan fingerprint density at radius 1 is 1.18 bits per heavy atom. The van der Waals surface area contributed by atoms with Crippen molar-refractivity contribution in [2.24, 2.45) is 0 Å². The number of thiazole rings is 1. The molecule has 172 valence electrons. The highest BCUT2D eigenvalue weighted by Crippen LogP contribution is 2.39. The Morgan fingerprint density at radius 2 is 2.09 bits per heavy atom. The zero-order valence-corrected chi connectivity index (χ0v) is 19.3. The lowest BCUT2D eigenvalue weighted by atomic mass is 10.0. The van der Waals surface area contributed by atoms with Crippen LogP contribution in [0.4, 0.5) is 0 Å². The first kappa shape index (κ1) is 20.8. The number of nitrogens with one attached hydrogen (secondary N) is 1. The van der Waals surface area contributed by atoms with Gasteiger partial charge in [-0.1, -0.05) is 6.07 Å². The van der Waals surface area contributed by atoms with Crippen LogP contribution in [0.2, 0.25) is 0 Å². The van der Waals surface area contributed by atoms with Crippen LogP contribution in [0.25, 0.3) is 22.4 Å². The number of carbonyl (C=O) groups excluding carboxylic acids is 1. The summed E-state index contributed by atoms with van der Waals surface area (Å²) in [6.07, 6.45) is 7.09. The summed E-state index contributed by atoms with van der Waals surface area (Å²) in [6.45, 7) is 5.70. The number of rotatable bonds is 4. The van der Waals surface area contributed by atoms with E-state index in [0.717, 1.165) is 91.6 Å². The van der Waals surface area contributed by atoms with E-state index >= 15 is 0 Å². The molecule has 3 aromatic rings. The van der Waals surface area contributed by atoms with Crippen molar-refractivity contribution in [2.45, 2.75) is 25.4 Å². The van der Waals surface area contributed by atoms with Crippen molar-refractivity contribution in [1.29, 1.82) is 0 Å². The van der Waals surface area contributed by atoms with Crippen LogP contribution in [0.15, 0.2) is 30.6 Å². The Labute approximate surface area is 196 Å². The lowest BCUT2D eigenvalue weighted by molar-refractivity contribution is 0.0432. The fourth-order valence-corrected chi connectivity index (χ4v) is 5.87. The number of piperazine rings is 1. The number of hydrogen-bond donors (Lipinski definition) is 1. The van der Waals surface area contributed by atoms with Gasteiger partial charge in [0.15, 0.2) is 5.01 Å². The number of benzene rings is 1. The van der Waals surface area contributed by atoms with Gasteiger partial charge >= 0.3 is 0 Å². The number of amides is 1. The minimum Gasteiger partial charge on any atom is -0.492 e. The summed E-state index contributed by atoms with van der Waals surface area (Å²) in [6, 6.07) is 6.12. The summed E-state index contributed by atoms with van der Waals surface area (Å²) in [5.41, 5.74) is 3.88. The Bertz CT molecular complexity index is 1130. The average Bonchev–Trinajstić information content (AvgIpc) is 3.61. The van der Waals surface area contributed by atoms with Crippen molar-refractivity contribution < 1.29 is 14.3 Å². The first-order valence-electron chi connectivity index (χ1n) is 11.6. The van der Waals surface area contributed by atoms with Crippen LogP contribution in [-0.2, 0) is 11.2 Å². The molecule has 3 aliphatic rings. The van der Waals surface area contributed by atoms with Gasteiger partial charge in [-0.15, -0.1) is 11.3 Å². The molecule has 1 atom stereocenters. The third kappa shape index (κ3) is 4.16. The average molecular weight is 466 g/mol. The number of ether oxygens (including phenoxy) is 2. The molecule has 5 heterocycles. The van der Waals surface area contributed by atoms with Gasteiger partial charge < -0.3 is 14.4 Å². The Morgan fingerprint density at radius 3 is 2.88 bits per heavy atom. The predicted octanol–water partition coefficient (Wildman–Crippen LogP) is 3.07. The second kappa shape index (κ2) is 8.89. The first-order chi connectivity index (χ1) is 16.2. The SMILES string of the molecule is O=C(c1nc2c(s1)CCOc1cc(-c3cn[nH]c3)ccc1-2)N1CCN(C[C@H]2CCCO2)CC1. The van der Waals surface area contributed by atoms with Crippen molar-refractivity contribution in [3.63, 3.8) is 0 Å². The molecule has 1 amide bonds. The molecule has 3 aliphatic heterocycles. The monoisotopic (exact) mass is 465 g/mol. The molecule has 0 aliphatic carbocycles. The molecule has 1 N–H and O–H groups in total. The highest BCUT2D eigenvalue weighted by molar-refractivity contribution is 7.14. The van der Waals surface area contributed by atoms with Gasteiger partial charge in [0.05, 0.1) is 24.6 Å². The summed E-state index contributed by atoms with van der Waals surface area (Å²) >= 11 is 1.51. The minimum absolute atomic E-state index is 0.0438. The zero-order chi connectivity index (χ0) is 22.2. The van der Waals surface area contributed by atoms with Gasteiger partial charge in [0, 0.05) is 68.0 Å². The van der Waals surface area contributed by atoms with E-state index in [1.807, 2.05) is 23.2 Å². The van der Waals surface area contributed by atoms with Crippen LogP contribution in [-0.4, -0.2) is 82.9 Å². The predicted molar refractivity (Wildman–Crippen MR) is 126 cm³/mol. The van der Waals surface area contributed by atoms with Gasteiger partial charge in [0.1, 0.15) is 5.75 Å². The van der Waals surface area contributed by atoms with E-state index in [9.17, 15) is 4.79 Å². The number of hydrogen-bond acceptors (Lipinski definition) is 7. The van der Waals surface area contributed by atoms with Crippen LogP contribution in [0.3, 0.4) is 0 Å². The smallest absolute Gasteiger partial charge is 0.282 e. The minimum atomic E-state index is 0.0438. The number of fused-ring (bicyclic) bond motifs is 3. The lowest BCUT2D eigenvalue weighted by Gasteiger charge is -2.35. The van der Waals surface area contributed by atoms with Crippen LogP contribution < -0.4 is 4.74 Å². The number of aromatic nitrogens is 3. The Kier molecular flexibility index (Phi) is 5.61. The van der Waals surface area contributed by atoms with E-state index in [0.29, 0.717) is 17.7 Å². The molecule has 2 saturated heterocycles. The standard InChI is InChI=1S/C24H27N5O3S/c30-24(29-8-6-28(7-9-29)15-18-2-1-10-31-18)23-27-22-19-4-3-16(17-13-25-26-14-17)12-20(19)32-11-5-21(22)33-23/h3-4,12-14,18H,1-2,5-11,15H2,(H,25,26)/t18-/m1/s1. The number of aromatic amines is 1. The summed E-state index contributed by atoms with van der Waals surface area (Å²) < 4.78 is 11.8. The van der Waals surface area contributed by atoms with Crippen LogP contribution >= 0.6 is 11.3 Å². The van der Waals surface area contributed by atoms with Gasteiger partial charge in [-0.3, -0.25) is 14.8 Å². The Hall–Kier alpha value is -2.75. The summed E-state index contributed by atoms with van der Waals surface area (Å²) in [4.78, 5) is 23.6. The molecule has 9 heteroatoms. The number of carbonyl (C=O) groups is 1. The van der Waals surface area contributed by atoms with Gasteiger partial charge in [-0.25, -0.2) is 4.98 Å². The molecule has 2 aromatic heterocycles. The molecule has 0 unspecified atom stereocenters. The molecule has 0 spiro atoms. The zero-order valence-electron chi connectivity index (χ0n) is 18.5. The molecule has 0 saturated carbocycles. The van der Waals surface area contributed by atoms with E-state index in [4.69, 9.17) is 14.5 Å². The third-order valence-corrected chi connectivity index (χ3v) is 7.78. The van der Waals surface area contributed by atoms with E-state index < -0.39 is 0 Å². The van der Waals surface area contributed by atoms with Crippen molar-refractivity contribution in [3.8, 4) is 28.1 Å². The van der Waals surface area contributed by atoms with Crippen LogP contribution in [0, 0.1) is 0 Å². The maximum Gasteiger partial charge on any atom is 0.282 e. The van der Waals surface area contributed by atoms with Crippen molar-refractivity contribution >= 4 is 17.2 Å². The van der Waals surface area contributed by atoms with Gasteiger partial charge in [0.2, 0.25) is 0 Å². The molecule has 0 bridgehead atoms. The van der Waals surface area contributed by atoms with Crippen LogP contribution in [0.1, 0.15) is 27.5 Å². The largest absolute Gasteiger partial charge is 0.492 e. The third-order valence-electron chi connectivity index (χ3n) is 6.68. The number of H-pyrrole nitrogens is 1. The molecule has 0 radical (unpaired) electrons. The lowest BCUT2D eigenvalue weighted by Crippen LogP contribution is -2.50. The van der Waals surface area contributed by atoms with Crippen molar-refractivity contribution in [1.82, 2.24) is 25.0 Å². The second-order valence-corrected chi connectivity index (χ2v) is 9.90. The van der Waals surface area contributed by atoms with Gasteiger partial charge in [0.25, 0.3) is 5.91 Å². The molecule has 1 aromatic carbocycles. The quantitative estimate of drug-likeness (QED) is 0.638. The molecule has 8 nitrogen and oxygen atoms in total. The van der Waals surface area contributed by atoms with E-state index in [1.54, 1.807) is 6.20 Å².